The van der Waals surface area contributed by atoms with E-state index in [-0.39, 0.29) is 58.4 Å². The van der Waals surface area contributed by atoms with Gasteiger partial charge in [0.1, 0.15) is 0 Å². The summed E-state index contributed by atoms with van der Waals surface area (Å²) < 4.78 is 0. The van der Waals surface area contributed by atoms with Gasteiger partial charge in [-0.05, 0) is 95.9 Å². The second-order valence-electron chi connectivity index (χ2n) is 14.3. The largest absolute Gasteiger partial charge is 2.00 e. The Hall–Kier alpha value is 0.850. The first-order valence-corrected chi connectivity index (χ1v) is 26.2. The van der Waals surface area contributed by atoms with Gasteiger partial charge in [-0.1, -0.05) is 128 Å². The molecule has 53 heavy (non-hydrogen) atoms. The second-order valence-corrected chi connectivity index (χ2v) is 28.3. The summed E-state index contributed by atoms with van der Waals surface area (Å²) in [5.41, 5.74) is -3.66. The molecule has 0 aliphatic heterocycles. The van der Waals surface area contributed by atoms with E-state index in [1.165, 1.54) is 0 Å². The van der Waals surface area contributed by atoms with E-state index in [4.69, 9.17) is 24.5 Å². The van der Waals surface area contributed by atoms with Gasteiger partial charge in [-0.3, -0.25) is 0 Å². The molecule has 13 heteroatoms. The van der Waals surface area contributed by atoms with Crippen LogP contribution in [0.15, 0.2) is 117 Å². The third-order valence-corrected chi connectivity index (χ3v) is 19.6. The van der Waals surface area contributed by atoms with Crippen molar-refractivity contribution in [2.45, 2.75) is 101 Å². The monoisotopic (exact) mass is 978 g/mol. The Balaban J connectivity index is 0.000000966. The minimum Gasteiger partial charge on any atom is -0.853 e. The zero-order valence-electron chi connectivity index (χ0n) is 32.7. The molecule has 0 fully saturated rings. The molecule has 0 N–H and O–H groups in total. The Morgan fingerprint density at radius 3 is 0.717 bits per heavy atom. The van der Waals surface area contributed by atoms with Gasteiger partial charge in [0.25, 0.3) is 0 Å². The molecule has 4 nitrogen and oxygen atoms in total. The van der Waals surface area contributed by atoms with Gasteiger partial charge in [0, 0.05) is 19.6 Å². The van der Waals surface area contributed by atoms with Crippen LogP contribution in [-0.2, 0) is 129 Å². The van der Waals surface area contributed by atoms with E-state index in [1.807, 2.05) is 97.1 Å². The molecule has 0 saturated heterocycles. The molecule has 0 atom stereocenters. The maximum atomic E-state index is 12.7. The second kappa shape index (κ2) is 25.4. The maximum absolute atomic E-state index is 12.7. The van der Waals surface area contributed by atoms with Crippen molar-refractivity contribution in [3.8, 4) is 0 Å². The Morgan fingerprint density at radius 2 is 0.566 bits per heavy atom. The van der Waals surface area contributed by atoms with E-state index >= 15 is 0 Å². The predicted octanol–water partition coefficient (Wildman–Crippen LogP) is 8.12. The fourth-order valence-corrected chi connectivity index (χ4v) is 17.7. The van der Waals surface area contributed by atoms with Crippen LogP contribution in [0.25, 0.3) is 0 Å². The standard InChI is InChI=1S/2C20H26O2PS2.3Zn/c2*1-15(2)13-17-9-5-7-11-19(17)25(23(21,22)24)20-12-8-6-10-18(20)14-16(3)4;;;/h2*5-12,15-16H,13-14H2,1-4H3;;;/q2*-3;3*+2. The van der Waals surface area contributed by atoms with Crippen LogP contribution < -0.4 is 19.6 Å². The third kappa shape index (κ3) is 17.3. The van der Waals surface area contributed by atoms with Crippen molar-refractivity contribution in [2.24, 2.45) is 23.7 Å². The van der Waals surface area contributed by atoms with Gasteiger partial charge in [-0.15, -0.1) is 0 Å². The van der Waals surface area contributed by atoms with E-state index in [1.54, 1.807) is 0 Å². The maximum Gasteiger partial charge on any atom is 2.00 e. The van der Waals surface area contributed by atoms with Crippen molar-refractivity contribution in [3.05, 3.63) is 119 Å². The zero-order valence-corrected chi connectivity index (χ0v) is 46.6. The summed E-state index contributed by atoms with van der Waals surface area (Å²) in [6.45, 7) is 17.2. The van der Waals surface area contributed by atoms with Crippen molar-refractivity contribution in [1.82, 2.24) is 0 Å². The molecule has 0 heterocycles. The minimum absolute atomic E-state index is 0. The minimum atomic E-state index is -4.00. The van der Waals surface area contributed by atoms with Gasteiger partial charge in [0.05, 0.1) is 0 Å². The number of benzene rings is 4. The predicted molar refractivity (Wildman–Crippen MR) is 216 cm³/mol. The molecule has 0 amide bonds. The van der Waals surface area contributed by atoms with E-state index < -0.39 is 31.5 Å². The smallest absolute Gasteiger partial charge is 0.853 e. The Kier molecular flexibility index (Phi) is 25.8. The normalized spacial score (nSPS) is 11.7. The van der Waals surface area contributed by atoms with Crippen LogP contribution in [0.3, 0.4) is 0 Å². The van der Waals surface area contributed by atoms with Crippen molar-refractivity contribution >= 4 is 56.0 Å². The molecule has 0 aliphatic carbocycles. The molecule has 4 aromatic carbocycles. The molecule has 0 radical (unpaired) electrons. The SMILES string of the molecule is CC(C)Cc1ccccc1S(c1ccccc1CC(C)C)=P([O-])([O-])[S-].CC(C)Cc1ccccc1S(c1ccccc1CC(C)C)=P([O-])([O-])[S-].[Zn+2].[Zn+2].[Zn+2]. The summed E-state index contributed by atoms with van der Waals surface area (Å²) in [6.07, 6.45) is 3.39. The summed E-state index contributed by atoms with van der Waals surface area (Å²) in [5.74, 6) is 1.81. The van der Waals surface area contributed by atoms with Crippen molar-refractivity contribution in [1.29, 1.82) is 0 Å². The average molecular weight is 983 g/mol. The fourth-order valence-electron chi connectivity index (χ4n) is 5.92. The number of hydrogen-bond acceptors (Lipinski definition) is 6. The summed E-state index contributed by atoms with van der Waals surface area (Å²) in [7, 11) is -2.22. The van der Waals surface area contributed by atoms with E-state index in [0.717, 1.165) is 67.5 Å². The summed E-state index contributed by atoms with van der Waals surface area (Å²) >= 11 is 10.1. The Bertz CT molecular complexity index is 1580. The van der Waals surface area contributed by atoms with Crippen LogP contribution in [0.5, 0.6) is 0 Å². The van der Waals surface area contributed by atoms with Crippen molar-refractivity contribution in [3.63, 3.8) is 0 Å². The first-order chi connectivity index (χ1) is 23.4. The van der Waals surface area contributed by atoms with E-state index in [9.17, 15) is 19.6 Å². The van der Waals surface area contributed by atoms with Crippen molar-refractivity contribution < 1.29 is 78.0 Å². The molecular formula is C40H52O4P2S4Zn3. The molecule has 0 aliphatic rings. The molecule has 0 bridgehead atoms. The Labute approximate surface area is 374 Å². The molecule has 0 saturated carbocycles. The van der Waals surface area contributed by atoms with E-state index in [2.05, 4.69) is 55.4 Å². The van der Waals surface area contributed by atoms with Gasteiger partial charge in [0.2, 0.25) is 0 Å². The quantitative estimate of drug-likeness (QED) is 0.0810. The van der Waals surface area contributed by atoms with Gasteiger partial charge in [-0.2, -0.15) is 20.1 Å². The average Bonchev–Trinajstić information content (AvgIpc) is 2.99. The summed E-state index contributed by atoms with van der Waals surface area (Å²) in [6, 6.07) is 31.4. The molecule has 276 valence electrons. The van der Waals surface area contributed by atoms with Gasteiger partial charge < -0.3 is 55.5 Å². The van der Waals surface area contributed by atoms with Gasteiger partial charge in [-0.25, -0.2) is 0 Å². The summed E-state index contributed by atoms with van der Waals surface area (Å²) in [4.78, 5) is 54.1. The number of rotatable bonds is 12. The van der Waals surface area contributed by atoms with Crippen molar-refractivity contribution in [2.75, 3.05) is 0 Å². The van der Waals surface area contributed by atoms with Crippen LogP contribution in [-0.4, -0.2) is 0 Å². The van der Waals surface area contributed by atoms with Gasteiger partial charge >= 0.3 is 58.4 Å². The van der Waals surface area contributed by atoms with Gasteiger partial charge in [0.15, 0.2) is 0 Å². The third-order valence-electron chi connectivity index (χ3n) is 7.68. The molecule has 4 rings (SSSR count). The van der Waals surface area contributed by atoms with E-state index in [0.29, 0.717) is 23.7 Å². The van der Waals surface area contributed by atoms with Crippen LogP contribution >= 0.6 is 11.4 Å². The first kappa shape index (κ1) is 53.9. The van der Waals surface area contributed by atoms with Crippen LogP contribution in [0, 0.1) is 23.7 Å². The topological polar surface area (TPSA) is 92.2 Å². The number of hydrogen-bond donors (Lipinski definition) is 0. The molecular weight excluding hydrogens is 931 g/mol. The first-order valence-electron chi connectivity index (χ1n) is 17.3. The molecule has 0 unspecified atom stereocenters. The van der Waals surface area contributed by atoms with Crippen LogP contribution in [0.4, 0.5) is 0 Å². The summed E-state index contributed by atoms with van der Waals surface area (Å²) in [5, 5.41) is 0. The molecule has 0 spiro atoms. The van der Waals surface area contributed by atoms with Crippen LogP contribution in [0.1, 0.15) is 77.6 Å². The van der Waals surface area contributed by atoms with Crippen LogP contribution in [0.2, 0.25) is 0 Å². The zero-order chi connectivity index (χ0) is 37.2. The Morgan fingerprint density at radius 1 is 0.396 bits per heavy atom. The molecule has 0 aromatic heterocycles. The fraction of sp³-hybridized carbons (Fsp3) is 0.400. The molecule has 4 aromatic rings.